The molecule has 0 fully saturated rings. The molecule has 0 radical (unpaired) electrons. The molecule has 0 atom stereocenters. The summed E-state index contributed by atoms with van der Waals surface area (Å²) in [6.45, 7) is 4.27. The first-order chi connectivity index (χ1) is 9.51. The molecule has 0 aliphatic rings. The summed E-state index contributed by atoms with van der Waals surface area (Å²) in [5, 5.41) is 0. The monoisotopic (exact) mass is 335 g/mol. The Balaban J connectivity index is 2.34. The molecule has 4 heteroatoms. The van der Waals surface area contributed by atoms with Gasteiger partial charge in [0, 0.05) is 10.5 Å². The highest BCUT2D eigenvalue weighted by atomic mass is 79.9. The van der Waals surface area contributed by atoms with Crippen molar-refractivity contribution in [3.63, 3.8) is 0 Å². The van der Waals surface area contributed by atoms with Crippen LogP contribution in [0.3, 0.4) is 0 Å². The maximum atomic E-state index is 5.97. The second-order valence-corrected chi connectivity index (χ2v) is 5.76. The molecule has 0 aromatic heterocycles. The lowest BCUT2D eigenvalue weighted by Gasteiger charge is -2.15. The van der Waals surface area contributed by atoms with Crippen molar-refractivity contribution in [2.24, 2.45) is 0 Å². The Bertz CT molecular complexity index is 611. The van der Waals surface area contributed by atoms with Crippen molar-refractivity contribution in [2.45, 2.75) is 19.8 Å². The Morgan fingerprint density at radius 2 is 1.80 bits per heavy atom. The Morgan fingerprint density at radius 3 is 2.45 bits per heavy atom. The highest BCUT2D eigenvalue weighted by molar-refractivity contribution is 9.10. The molecule has 0 heterocycles. The van der Waals surface area contributed by atoms with Crippen LogP contribution in [-0.2, 0) is 0 Å². The Labute approximate surface area is 127 Å². The number of hydrogen-bond acceptors (Lipinski definition) is 3. The minimum absolute atomic E-state index is 0.373. The summed E-state index contributed by atoms with van der Waals surface area (Å²) in [7, 11) is 1.59. The zero-order chi connectivity index (χ0) is 14.7. The molecule has 0 saturated heterocycles. The normalized spacial score (nSPS) is 10.7. The summed E-state index contributed by atoms with van der Waals surface area (Å²) in [5.74, 6) is 2.54. The second kappa shape index (κ2) is 6.18. The van der Waals surface area contributed by atoms with E-state index in [2.05, 4.69) is 35.8 Å². The number of rotatable bonds is 4. The lowest BCUT2D eigenvalue weighted by atomic mass is 10.0. The van der Waals surface area contributed by atoms with E-state index in [1.807, 2.05) is 18.2 Å². The van der Waals surface area contributed by atoms with Crippen LogP contribution in [0.1, 0.15) is 25.3 Å². The second-order valence-electron chi connectivity index (χ2n) is 4.84. The first-order valence-corrected chi connectivity index (χ1v) is 7.21. The number of halogens is 1. The number of nitrogen functional groups attached to an aromatic ring is 1. The molecule has 0 amide bonds. The average molecular weight is 336 g/mol. The number of methoxy groups -OCH3 is 1. The lowest BCUT2D eigenvalue weighted by Crippen LogP contribution is -1.96. The van der Waals surface area contributed by atoms with Crippen LogP contribution in [0.4, 0.5) is 5.69 Å². The zero-order valence-electron chi connectivity index (χ0n) is 11.8. The van der Waals surface area contributed by atoms with Crippen molar-refractivity contribution >= 4 is 21.6 Å². The van der Waals surface area contributed by atoms with Gasteiger partial charge in [-0.15, -0.1) is 0 Å². The van der Waals surface area contributed by atoms with Crippen molar-refractivity contribution in [2.75, 3.05) is 12.8 Å². The predicted octanol–water partition coefficient (Wildman–Crippen LogP) is 4.96. The quantitative estimate of drug-likeness (QED) is 0.803. The molecule has 0 saturated carbocycles. The molecule has 2 rings (SSSR count). The number of ether oxygens (including phenoxy) is 2. The van der Waals surface area contributed by atoms with E-state index in [1.165, 1.54) is 0 Å². The van der Waals surface area contributed by atoms with Gasteiger partial charge in [0.25, 0.3) is 0 Å². The first-order valence-electron chi connectivity index (χ1n) is 6.42. The number of benzene rings is 2. The van der Waals surface area contributed by atoms with E-state index in [0.717, 1.165) is 15.8 Å². The standard InChI is InChI=1S/C16H18BrNO2/c1-10(2)13-8-11(17)4-7-15(13)20-12-5-6-14(18)16(9-12)19-3/h4-10H,18H2,1-3H3. The topological polar surface area (TPSA) is 44.5 Å². The number of hydrogen-bond donors (Lipinski definition) is 1. The molecule has 0 unspecified atom stereocenters. The van der Waals surface area contributed by atoms with Crippen LogP contribution in [0.15, 0.2) is 40.9 Å². The summed E-state index contributed by atoms with van der Waals surface area (Å²) in [5.41, 5.74) is 7.55. The van der Waals surface area contributed by atoms with E-state index < -0.39 is 0 Å². The van der Waals surface area contributed by atoms with Gasteiger partial charge in [0.1, 0.15) is 17.2 Å². The summed E-state index contributed by atoms with van der Waals surface area (Å²) < 4.78 is 12.2. The van der Waals surface area contributed by atoms with Crippen LogP contribution >= 0.6 is 15.9 Å². The summed E-state index contributed by atoms with van der Waals surface area (Å²) >= 11 is 3.49. The Morgan fingerprint density at radius 1 is 1.05 bits per heavy atom. The number of nitrogens with two attached hydrogens (primary N) is 1. The van der Waals surface area contributed by atoms with Gasteiger partial charge in [-0.05, 0) is 41.8 Å². The summed E-state index contributed by atoms with van der Waals surface area (Å²) in [6.07, 6.45) is 0. The predicted molar refractivity (Wildman–Crippen MR) is 85.7 cm³/mol. The molecular formula is C16H18BrNO2. The fraction of sp³-hybridized carbons (Fsp3) is 0.250. The third kappa shape index (κ3) is 3.25. The maximum Gasteiger partial charge on any atom is 0.145 e. The van der Waals surface area contributed by atoms with Gasteiger partial charge >= 0.3 is 0 Å². The molecule has 2 aromatic carbocycles. The molecule has 2 N–H and O–H groups in total. The first kappa shape index (κ1) is 14.7. The van der Waals surface area contributed by atoms with E-state index in [-0.39, 0.29) is 0 Å². The SMILES string of the molecule is COc1cc(Oc2ccc(Br)cc2C(C)C)ccc1N. The molecule has 20 heavy (non-hydrogen) atoms. The largest absolute Gasteiger partial charge is 0.494 e. The third-order valence-corrected chi connectivity index (χ3v) is 3.52. The van der Waals surface area contributed by atoms with Crippen molar-refractivity contribution in [1.29, 1.82) is 0 Å². The van der Waals surface area contributed by atoms with Gasteiger partial charge in [-0.25, -0.2) is 0 Å². The van der Waals surface area contributed by atoms with Crippen LogP contribution < -0.4 is 15.2 Å². The van der Waals surface area contributed by atoms with Crippen molar-refractivity contribution in [1.82, 2.24) is 0 Å². The van der Waals surface area contributed by atoms with Gasteiger partial charge in [-0.2, -0.15) is 0 Å². The molecule has 2 aromatic rings. The van der Waals surface area contributed by atoms with Crippen LogP contribution in [0.25, 0.3) is 0 Å². The smallest absolute Gasteiger partial charge is 0.145 e. The molecule has 106 valence electrons. The average Bonchev–Trinajstić information content (AvgIpc) is 2.42. The van der Waals surface area contributed by atoms with Crippen LogP contribution in [-0.4, -0.2) is 7.11 Å². The summed E-state index contributed by atoms with van der Waals surface area (Å²) in [6, 6.07) is 11.4. The van der Waals surface area contributed by atoms with Gasteiger partial charge in [0.15, 0.2) is 0 Å². The lowest BCUT2D eigenvalue weighted by molar-refractivity contribution is 0.410. The van der Waals surface area contributed by atoms with E-state index >= 15 is 0 Å². The number of anilines is 1. The molecule has 0 spiro atoms. The minimum Gasteiger partial charge on any atom is -0.494 e. The maximum absolute atomic E-state index is 5.97. The minimum atomic E-state index is 0.373. The Hall–Kier alpha value is -1.68. The third-order valence-electron chi connectivity index (χ3n) is 3.03. The van der Waals surface area contributed by atoms with Gasteiger partial charge < -0.3 is 15.2 Å². The zero-order valence-corrected chi connectivity index (χ0v) is 13.4. The fourth-order valence-electron chi connectivity index (χ4n) is 1.95. The highest BCUT2D eigenvalue weighted by Gasteiger charge is 2.10. The molecule has 3 nitrogen and oxygen atoms in total. The molecule has 0 bridgehead atoms. The van der Waals surface area contributed by atoms with Crippen molar-refractivity contribution in [3.8, 4) is 17.2 Å². The van der Waals surface area contributed by atoms with Crippen LogP contribution in [0.5, 0.6) is 17.2 Å². The van der Waals surface area contributed by atoms with E-state index in [0.29, 0.717) is 23.1 Å². The van der Waals surface area contributed by atoms with E-state index in [9.17, 15) is 0 Å². The van der Waals surface area contributed by atoms with Crippen molar-refractivity contribution < 1.29 is 9.47 Å². The van der Waals surface area contributed by atoms with E-state index in [4.69, 9.17) is 15.2 Å². The van der Waals surface area contributed by atoms with Gasteiger partial charge in [-0.3, -0.25) is 0 Å². The van der Waals surface area contributed by atoms with Gasteiger partial charge in [0.05, 0.1) is 12.8 Å². The van der Waals surface area contributed by atoms with Gasteiger partial charge in [-0.1, -0.05) is 29.8 Å². The van der Waals surface area contributed by atoms with E-state index in [1.54, 1.807) is 19.2 Å². The highest BCUT2D eigenvalue weighted by Crippen LogP contribution is 2.35. The van der Waals surface area contributed by atoms with Crippen LogP contribution in [0, 0.1) is 0 Å². The van der Waals surface area contributed by atoms with Crippen LogP contribution in [0.2, 0.25) is 0 Å². The molecule has 0 aliphatic heterocycles. The molecular weight excluding hydrogens is 318 g/mol. The van der Waals surface area contributed by atoms with Crippen molar-refractivity contribution in [3.05, 3.63) is 46.4 Å². The Kier molecular flexibility index (Phi) is 4.55. The molecule has 0 aliphatic carbocycles. The fourth-order valence-corrected chi connectivity index (χ4v) is 2.32. The van der Waals surface area contributed by atoms with Gasteiger partial charge in [0.2, 0.25) is 0 Å². The summed E-state index contributed by atoms with van der Waals surface area (Å²) in [4.78, 5) is 0.